The quantitative estimate of drug-likeness (QED) is 0.157. The predicted octanol–water partition coefficient (Wildman–Crippen LogP) is 7.14. The highest BCUT2D eigenvalue weighted by molar-refractivity contribution is 5.78. The van der Waals surface area contributed by atoms with Crippen LogP contribution in [-0.2, 0) is 12.8 Å². The molecule has 0 fully saturated rings. The van der Waals surface area contributed by atoms with Gasteiger partial charge < -0.3 is 11.5 Å². The molecule has 33 heavy (non-hydrogen) atoms. The van der Waals surface area contributed by atoms with Crippen LogP contribution in [0, 0.1) is 17.2 Å². The standard InChI is InChI=1S/C29H48FN3/c1-6-24(21-32)22-33-17-15-25(12-9-16-31)10-7-8-11-26-13-14-27(28(30)19-26)18-23(2)20-29(3,4)5/h13-14,19,21-22,25H,2,6-12,15-18,20,31-32H2,1,3-5H3/b24-21-,33-22-. The van der Waals surface area contributed by atoms with E-state index >= 15 is 0 Å². The summed E-state index contributed by atoms with van der Waals surface area (Å²) in [4.78, 5) is 4.54. The van der Waals surface area contributed by atoms with Gasteiger partial charge in [-0.05, 0) is 98.2 Å². The van der Waals surface area contributed by atoms with Gasteiger partial charge in [-0.25, -0.2) is 4.39 Å². The van der Waals surface area contributed by atoms with Gasteiger partial charge in [0.2, 0.25) is 0 Å². The lowest BCUT2D eigenvalue weighted by Gasteiger charge is -2.20. The third-order valence-electron chi connectivity index (χ3n) is 6.03. The van der Waals surface area contributed by atoms with E-state index in [1.165, 1.54) is 6.42 Å². The highest BCUT2D eigenvalue weighted by atomic mass is 19.1. The molecule has 0 aliphatic rings. The Bertz CT molecular complexity index is 759. The number of nitrogens with two attached hydrogens (primary N) is 2. The number of nitrogens with zero attached hydrogens (tertiary/aromatic N) is 1. The maximum atomic E-state index is 14.6. The first kappa shape index (κ1) is 29.1. The van der Waals surface area contributed by atoms with Crippen LogP contribution >= 0.6 is 0 Å². The van der Waals surface area contributed by atoms with Crippen LogP contribution in [0.5, 0.6) is 0 Å². The van der Waals surface area contributed by atoms with Crippen molar-refractivity contribution in [3.05, 3.63) is 59.1 Å². The molecule has 1 atom stereocenters. The van der Waals surface area contributed by atoms with Crippen LogP contribution in [0.1, 0.15) is 90.2 Å². The molecule has 0 saturated heterocycles. The van der Waals surface area contributed by atoms with Gasteiger partial charge in [0.15, 0.2) is 0 Å². The molecule has 1 aromatic rings. The molecule has 0 amide bonds. The molecule has 0 radical (unpaired) electrons. The lowest BCUT2D eigenvalue weighted by Crippen LogP contribution is -2.08. The van der Waals surface area contributed by atoms with E-state index in [4.69, 9.17) is 11.5 Å². The minimum Gasteiger partial charge on any atom is -0.404 e. The highest BCUT2D eigenvalue weighted by Crippen LogP contribution is 2.26. The van der Waals surface area contributed by atoms with Gasteiger partial charge in [-0.3, -0.25) is 4.99 Å². The second-order valence-electron chi connectivity index (χ2n) is 10.6. The summed E-state index contributed by atoms with van der Waals surface area (Å²) in [5, 5.41) is 0. The number of aliphatic imine (C=N–C) groups is 1. The van der Waals surface area contributed by atoms with Gasteiger partial charge in [0.05, 0.1) is 0 Å². The number of rotatable bonds is 16. The van der Waals surface area contributed by atoms with E-state index in [0.29, 0.717) is 12.3 Å². The summed E-state index contributed by atoms with van der Waals surface area (Å²) < 4.78 is 14.6. The summed E-state index contributed by atoms with van der Waals surface area (Å²) >= 11 is 0. The zero-order chi connectivity index (χ0) is 24.7. The van der Waals surface area contributed by atoms with E-state index < -0.39 is 0 Å². The SMILES string of the molecule is C=C(Cc1ccc(CCCCC(CCCN)CC/N=C\C(=C/N)CC)cc1F)CC(C)(C)C. The fourth-order valence-corrected chi connectivity index (χ4v) is 4.26. The fourth-order valence-electron chi connectivity index (χ4n) is 4.26. The van der Waals surface area contributed by atoms with E-state index in [0.717, 1.165) is 86.7 Å². The monoisotopic (exact) mass is 457 g/mol. The molecular weight excluding hydrogens is 409 g/mol. The first-order valence-corrected chi connectivity index (χ1v) is 12.7. The van der Waals surface area contributed by atoms with E-state index in [-0.39, 0.29) is 11.2 Å². The second kappa shape index (κ2) is 15.8. The van der Waals surface area contributed by atoms with Crippen molar-refractivity contribution >= 4 is 6.21 Å². The smallest absolute Gasteiger partial charge is 0.126 e. The Balaban J connectivity index is 2.47. The summed E-state index contributed by atoms with van der Waals surface area (Å²) in [5.41, 5.74) is 15.5. The number of hydrogen-bond acceptors (Lipinski definition) is 3. The van der Waals surface area contributed by atoms with Crippen LogP contribution in [0.4, 0.5) is 4.39 Å². The van der Waals surface area contributed by atoms with E-state index in [1.807, 2.05) is 12.3 Å². The maximum Gasteiger partial charge on any atom is 0.126 e. The normalized spacial score (nSPS) is 13.6. The largest absolute Gasteiger partial charge is 0.404 e. The van der Waals surface area contributed by atoms with Crippen LogP contribution in [0.3, 0.4) is 0 Å². The van der Waals surface area contributed by atoms with E-state index in [1.54, 1.807) is 12.3 Å². The van der Waals surface area contributed by atoms with Crippen molar-refractivity contribution in [3.63, 3.8) is 0 Å². The van der Waals surface area contributed by atoms with E-state index in [2.05, 4.69) is 45.3 Å². The number of hydrogen-bond donors (Lipinski definition) is 2. The van der Waals surface area contributed by atoms with Crippen molar-refractivity contribution in [2.75, 3.05) is 13.1 Å². The number of unbranched alkanes of at least 4 members (excludes halogenated alkanes) is 1. The van der Waals surface area contributed by atoms with Crippen molar-refractivity contribution in [2.45, 2.75) is 91.9 Å². The maximum absolute atomic E-state index is 14.6. The molecule has 0 spiro atoms. The molecule has 0 aliphatic heterocycles. The molecule has 1 aromatic carbocycles. The molecule has 4 heteroatoms. The number of allylic oxidation sites excluding steroid dienone is 2. The van der Waals surface area contributed by atoms with Crippen LogP contribution < -0.4 is 11.5 Å². The third-order valence-corrected chi connectivity index (χ3v) is 6.03. The van der Waals surface area contributed by atoms with Crippen LogP contribution in [0.2, 0.25) is 0 Å². The van der Waals surface area contributed by atoms with Crippen LogP contribution in [-0.4, -0.2) is 19.3 Å². The highest BCUT2D eigenvalue weighted by Gasteiger charge is 2.14. The Hall–Kier alpha value is -1.94. The number of halogens is 1. The summed E-state index contributed by atoms with van der Waals surface area (Å²) in [6.45, 7) is 14.4. The molecule has 0 aliphatic carbocycles. The molecule has 0 bridgehead atoms. The van der Waals surface area contributed by atoms with Gasteiger partial charge >= 0.3 is 0 Å². The number of benzene rings is 1. The lowest BCUT2D eigenvalue weighted by molar-refractivity contribution is 0.400. The summed E-state index contributed by atoms with van der Waals surface area (Å²) in [6, 6.07) is 5.75. The molecule has 0 aromatic heterocycles. The van der Waals surface area contributed by atoms with Crippen LogP contribution in [0.25, 0.3) is 0 Å². The zero-order valence-corrected chi connectivity index (χ0v) is 21.6. The Morgan fingerprint density at radius 2 is 1.88 bits per heavy atom. The van der Waals surface area contributed by atoms with Crippen molar-refractivity contribution in [1.82, 2.24) is 0 Å². The number of aryl methyl sites for hydroxylation is 1. The van der Waals surface area contributed by atoms with Gasteiger partial charge in [-0.15, -0.1) is 0 Å². The Labute approximate surface area is 202 Å². The van der Waals surface area contributed by atoms with E-state index in [9.17, 15) is 4.39 Å². The third kappa shape index (κ3) is 13.4. The topological polar surface area (TPSA) is 64.4 Å². The minimum absolute atomic E-state index is 0.0979. The van der Waals surface area contributed by atoms with Gasteiger partial charge in [0.25, 0.3) is 0 Å². The summed E-state index contributed by atoms with van der Waals surface area (Å²) in [5.74, 6) is 0.546. The summed E-state index contributed by atoms with van der Waals surface area (Å²) in [6.07, 6.45) is 13.6. The minimum atomic E-state index is -0.0979. The first-order valence-electron chi connectivity index (χ1n) is 12.7. The second-order valence-corrected chi connectivity index (χ2v) is 10.6. The molecule has 1 unspecified atom stereocenters. The Morgan fingerprint density at radius 3 is 2.48 bits per heavy atom. The van der Waals surface area contributed by atoms with Gasteiger partial charge in [-0.1, -0.05) is 64.8 Å². The fraction of sp³-hybridized carbons (Fsp3) is 0.621. The van der Waals surface area contributed by atoms with Gasteiger partial charge in [-0.2, -0.15) is 0 Å². The summed E-state index contributed by atoms with van der Waals surface area (Å²) in [7, 11) is 0. The predicted molar refractivity (Wildman–Crippen MR) is 143 cm³/mol. The van der Waals surface area contributed by atoms with Crippen LogP contribution in [0.15, 0.2) is 47.1 Å². The lowest BCUT2D eigenvalue weighted by atomic mass is 9.86. The Morgan fingerprint density at radius 1 is 1.15 bits per heavy atom. The van der Waals surface area contributed by atoms with Crippen molar-refractivity contribution in [3.8, 4) is 0 Å². The first-order chi connectivity index (χ1) is 15.7. The Kier molecular flexibility index (Phi) is 13.9. The zero-order valence-electron chi connectivity index (χ0n) is 21.6. The van der Waals surface area contributed by atoms with Crippen molar-refractivity contribution in [1.29, 1.82) is 0 Å². The molecule has 0 heterocycles. The van der Waals surface area contributed by atoms with Crippen molar-refractivity contribution < 1.29 is 4.39 Å². The molecule has 1 rings (SSSR count). The average Bonchev–Trinajstić information content (AvgIpc) is 2.75. The molecule has 0 saturated carbocycles. The molecule has 4 N–H and O–H groups in total. The average molecular weight is 458 g/mol. The van der Waals surface area contributed by atoms with Gasteiger partial charge in [0.1, 0.15) is 5.82 Å². The molecule has 186 valence electrons. The molecular formula is C29H48FN3. The van der Waals surface area contributed by atoms with Gasteiger partial charge in [0, 0.05) is 12.8 Å². The van der Waals surface area contributed by atoms with Crippen molar-refractivity contribution in [2.24, 2.45) is 27.8 Å². The molecule has 3 nitrogen and oxygen atoms in total.